The fraction of sp³-hybridized carbons (Fsp3) is 0.600. The van der Waals surface area contributed by atoms with Gasteiger partial charge in [0, 0.05) is 6.04 Å². The van der Waals surface area contributed by atoms with Crippen LogP contribution in [0.4, 0.5) is 13.2 Å². The highest BCUT2D eigenvalue weighted by Crippen LogP contribution is 2.32. The van der Waals surface area contributed by atoms with Crippen LogP contribution in [-0.2, 0) is 0 Å². The zero-order chi connectivity index (χ0) is 14.6. The molecule has 0 aromatic heterocycles. The lowest BCUT2D eigenvalue weighted by Crippen LogP contribution is -2.27. The Bertz CT molecular complexity index is 429. The molecular weight excluding hydrogens is 267 g/mol. The quantitative estimate of drug-likeness (QED) is 0.810. The minimum atomic E-state index is -4.18. The van der Waals surface area contributed by atoms with Gasteiger partial charge >= 0.3 is 6.18 Å². The second-order valence-electron chi connectivity index (χ2n) is 5.22. The van der Waals surface area contributed by atoms with Crippen molar-refractivity contribution >= 4 is 0 Å². The van der Waals surface area contributed by atoms with Gasteiger partial charge < -0.3 is 10.1 Å². The number of hydrogen-bond acceptors (Lipinski definition) is 2. The summed E-state index contributed by atoms with van der Waals surface area (Å²) in [5, 5.41) is 2.96. The van der Waals surface area contributed by atoms with Crippen LogP contribution in [0.25, 0.3) is 0 Å². The van der Waals surface area contributed by atoms with Crippen molar-refractivity contribution in [3.8, 4) is 5.75 Å². The highest BCUT2D eigenvalue weighted by Gasteiger charge is 2.32. The molecule has 0 bridgehead atoms. The van der Waals surface area contributed by atoms with Crippen LogP contribution in [0.1, 0.15) is 44.2 Å². The molecule has 5 heteroatoms. The largest absolute Gasteiger partial charge is 0.490 e. The zero-order valence-electron chi connectivity index (χ0n) is 11.5. The van der Waals surface area contributed by atoms with Crippen LogP contribution in [0.5, 0.6) is 5.75 Å². The van der Waals surface area contributed by atoms with Crippen molar-refractivity contribution < 1.29 is 17.9 Å². The van der Waals surface area contributed by atoms with Crippen LogP contribution in [0, 0.1) is 0 Å². The summed E-state index contributed by atoms with van der Waals surface area (Å²) in [6, 6.07) is 6.28. The average molecular weight is 287 g/mol. The first kappa shape index (κ1) is 15.2. The van der Waals surface area contributed by atoms with E-state index in [1.54, 1.807) is 24.3 Å². The molecule has 1 N–H and O–H groups in total. The fourth-order valence-electron chi connectivity index (χ4n) is 2.04. The van der Waals surface area contributed by atoms with Crippen molar-refractivity contribution in [2.75, 3.05) is 6.54 Å². The van der Waals surface area contributed by atoms with E-state index < -0.39 is 18.6 Å². The summed E-state index contributed by atoms with van der Waals surface area (Å²) in [7, 11) is 0. The molecule has 112 valence electrons. The maximum absolute atomic E-state index is 12.7. The lowest BCUT2D eigenvalue weighted by molar-refractivity contribution is -0.140. The third kappa shape index (κ3) is 5.04. The van der Waals surface area contributed by atoms with Gasteiger partial charge in [0.15, 0.2) is 0 Å². The Hall–Kier alpha value is -1.23. The van der Waals surface area contributed by atoms with Crippen molar-refractivity contribution in [2.45, 2.75) is 50.9 Å². The van der Waals surface area contributed by atoms with E-state index in [9.17, 15) is 13.2 Å². The van der Waals surface area contributed by atoms with E-state index >= 15 is 0 Å². The predicted molar refractivity (Wildman–Crippen MR) is 71.8 cm³/mol. The molecule has 0 radical (unpaired) electrons. The second-order valence-corrected chi connectivity index (χ2v) is 5.22. The minimum Gasteiger partial charge on any atom is -0.490 e. The molecule has 1 aromatic carbocycles. The molecule has 1 aliphatic rings. The molecule has 0 amide bonds. The van der Waals surface area contributed by atoms with Crippen LogP contribution in [-0.4, -0.2) is 18.8 Å². The van der Waals surface area contributed by atoms with Crippen molar-refractivity contribution in [3.05, 3.63) is 29.8 Å². The minimum absolute atomic E-state index is 0.245. The summed E-state index contributed by atoms with van der Waals surface area (Å²) in [6.45, 7) is 2.50. The van der Waals surface area contributed by atoms with Crippen LogP contribution in [0.3, 0.4) is 0 Å². The fourth-order valence-corrected chi connectivity index (χ4v) is 2.04. The van der Waals surface area contributed by atoms with E-state index in [0.717, 1.165) is 19.3 Å². The van der Waals surface area contributed by atoms with Gasteiger partial charge in [0.05, 0.1) is 12.5 Å². The molecule has 1 saturated carbocycles. The number of hydrogen-bond donors (Lipinski definition) is 1. The van der Waals surface area contributed by atoms with Crippen molar-refractivity contribution in [2.24, 2.45) is 0 Å². The van der Waals surface area contributed by atoms with Crippen LogP contribution in [0.2, 0.25) is 0 Å². The maximum atomic E-state index is 12.7. The molecule has 0 aliphatic heterocycles. The van der Waals surface area contributed by atoms with Gasteiger partial charge in [0.25, 0.3) is 0 Å². The Kier molecular flexibility index (Phi) is 4.91. The molecule has 2 rings (SSSR count). The van der Waals surface area contributed by atoms with Gasteiger partial charge in [0.1, 0.15) is 5.75 Å². The van der Waals surface area contributed by atoms with Crippen LogP contribution < -0.4 is 10.1 Å². The number of rotatable bonds is 7. The third-order valence-corrected chi connectivity index (χ3v) is 3.16. The van der Waals surface area contributed by atoms with E-state index in [4.69, 9.17) is 4.74 Å². The number of nitrogens with one attached hydrogen (secondary N) is 1. The first-order valence-electron chi connectivity index (χ1n) is 7.04. The normalized spacial score (nSPS) is 17.0. The van der Waals surface area contributed by atoms with Crippen LogP contribution in [0.15, 0.2) is 24.3 Å². The Morgan fingerprint density at radius 2 is 2.10 bits per heavy atom. The lowest BCUT2D eigenvalue weighted by atomic mass is 10.0. The number of alkyl halides is 3. The Balaban J connectivity index is 2.09. The molecule has 0 saturated heterocycles. The predicted octanol–water partition coefficient (Wildman–Crippen LogP) is 4.22. The highest BCUT2D eigenvalue weighted by molar-refractivity contribution is 5.31. The SMILES string of the molecule is CCCNC(CC(F)(F)F)c1cccc(OC2CC2)c1. The van der Waals surface area contributed by atoms with E-state index in [2.05, 4.69) is 5.32 Å². The molecule has 1 aliphatic carbocycles. The summed E-state index contributed by atoms with van der Waals surface area (Å²) in [5.41, 5.74) is 0.633. The summed E-state index contributed by atoms with van der Waals surface area (Å²) >= 11 is 0. The Morgan fingerprint density at radius 1 is 1.35 bits per heavy atom. The molecular formula is C15H20F3NO. The first-order valence-corrected chi connectivity index (χ1v) is 7.04. The third-order valence-electron chi connectivity index (χ3n) is 3.16. The Morgan fingerprint density at radius 3 is 2.70 bits per heavy atom. The molecule has 1 atom stereocenters. The van der Waals surface area contributed by atoms with E-state index in [0.29, 0.717) is 17.9 Å². The van der Waals surface area contributed by atoms with Gasteiger partial charge in [-0.25, -0.2) is 0 Å². The second kappa shape index (κ2) is 6.48. The maximum Gasteiger partial charge on any atom is 0.390 e. The smallest absolute Gasteiger partial charge is 0.390 e. The van der Waals surface area contributed by atoms with Crippen molar-refractivity contribution in [1.82, 2.24) is 5.32 Å². The van der Waals surface area contributed by atoms with Gasteiger partial charge in [-0.3, -0.25) is 0 Å². The average Bonchev–Trinajstić information content (AvgIpc) is 3.17. The number of ether oxygens (including phenoxy) is 1. The first-order chi connectivity index (χ1) is 9.48. The molecule has 0 heterocycles. The van der Waals surface area contributed by atoms with Crippen molar-refractivity contribution in [1.29, 1.82) is 0 Å². The zero-order valence-corrected chi connectivity index (χ0v) is 11.5. The van der Waals surface area contributed by atoms with Gasteiger partial charge in [-0.15, -0.1) is 0 Å². The summed E-state index contributed by atoms with van der Waals surface area (Å²) < 4.78 is 43.6. The lowest BCUT2D eigenvalue weighted by Gasteiger charge is -2.21. The molecule has 2 nitrogen and oxygen atoms in total. The van der Waals surface area contributed by atoms with E-state index in [1.165, 1.54) is 0 Å². The summed E-state index contributed by atoms with van der Waals surface area (Å²) in [5.74, 6) is 0.662. The van der Waals surface area contributed by atoms with Crippen LogP contribution >= 0.6 is 0 Å². The summed E-state index contributed by atoms with van der Waals surface area (Å²) in [6.07, 6.45) is -1.94. The standard InChI is InChI=1S/C15H20F3NO/c1-2-8-19-14(10-15(16,17)18)11-4-3-5-13(9-11)20-12-6-7-12/h3-5,9,12,14,19H,2,6-8,10H2,1H3. The van der Waals surface area contributed by atoms with E-state index in [1.807, 2.05) is 6.92 Å². The monoisotopic (exact) mass is 287 g/mol. The topological polar surface area (TPSA) is 21.3 Å². The molecule has 1 unspecified atom stereocenters. The summed E-state index contributed by atoms with van der Waals surface area (Å²) in [4.78, 5) is 0. The van der Waals surface area contributed by atoms with Gasteiger partial charge in [-0.1, -0.05) is 19.1 Å². The van der Waals surface area contributed by atoms with Gasteiger partial charge in [-0.05, 0) is 43.5 Å². The molecule has 1 fully saturated rings. The molecule has 0 spiro atoms. The Labute approximate surface area is 117 Å². The molecule has 1 aromatic rings. The number of halogens is 3. The van der Waals surface area contributed by atoms with Crippen molar-refractivity contribution in [3.63, 3.8) is 0 Å². The van der Waals surface area contributed by atoms with Gasteiger partial charge in [-0.2, -0.15) is 13.2 Å². The highest BCUT2D eigenvalue weighted by atomic mass is 19.4. The van der Waals surface area contributed by atoms with E-state index in [-0.39, 0.29) is 6.10 Å². The molecule has 20 heavy (non-hydrogen) atoms. The van der Waals surface area contributed by atoms with Gasteiger partial charge in [0.2, 0.25) is 0 Å². The number of benzene rings is 1.